The minimum absolute atomic E-state index is 0.0454. The Bertz CT molecular complexity index is 1260. The van der Waals surface area contributed by atoms with Gasteiger partial charge in [0.1, 0.15) is 11.4 Å². The Morgan fingerprint density at radius 2 is 1.94 bits per heavy atom. The van der Waals surface area contributed by atoms with Gasteiger partial charge >= 0.3 is 0 Å². The molecule has 1 aromatic heterocycles. The average Bonchev–Trinajstić information content (AvgIpc) is 2.77. The van der Waals surface area contributed by atoms with Crippen LogP contribution in [0.1, 0.15) is 35.5 Å². The molecule has 4 rings (SSSR count). The zero-order valence-corrected chi connectivity index (χ0v) is 19.3. The van der Waals surface area contributed by atoms with E-state index in [0.29, 0.717) is 45.4 Å². The molecular formula is C24H29N7O2. The normalized spacial score (nSPS) is 18.8. The fraction of sp³-hybridized carbons (Fsp3) is 0.333. The number of carbonyl (C=O) groups is 1. The number of piperazine rings is 1. The van der Waals surface area contributed by atoms with E-state index in [1.807, 2.05) is 18.2 Å². The first-order valence-electron chi connectivity index (χ1n) is 10.9. The van der Waals surface area contributed by atoms with Crippen LogP contribution >= 0.6 is 0 Å². The summed E-state index contributed by atoms with van der Waals surface area (Å²) in [4.78, 5) is 27.8. The number of fused-ring (bicyclic) bond motifs is 1. The molecule has 0 radical (unpaired) electrons. The van der Waals surface area contributed by atoms with E-state index in [-0.39, 0.29) is 17.3 Å². The molecule has 1 fully saturated rings. The predicted octanol–water partition coefficient (Wildman–Crippen LogP) is 2.23. The lowest BCUT2D eigenvalue weighted by molar-refractivity contribution is 0.0997. The van der Waals surface area contributed by atoms with Crippen molar-refractivity contribution in [2.45, 2.75) is 32.9 Å². The highest BCUT2D eigenvalue weighted by Gasteiger charge is 2.23. The van der Waals surface area contributed by atoms with Gasteiger partial charge in [0, 0.05) is 66.3 Å². The number of nitrogens with two attached hydrogens (primary N) is 2. The average molecular weight is 448 g/mol. The number of rotatable bonds is 4. The quantitative estimate of drug-likeness (QED) is 0.355. The summed E-state index contributed by atoms with van der Waals surface area (Å²) >= 11 is 0. The number of phenolic OH excluding ortho intramolecular Hbond substituents is 1. The number of amides is 1. The van der Waals surface area contributed by atoms with Gasteiger partial charge in [-0.1, -0.05) is 0 Å². The molecule has 0 aliphatic carbocycles. The van der Waals surface area contributed by atoms with Crippen molar-refractivity contribution >= 4 is 34.4 Å². The fourth-order valence-electron chi connectivity index (χ4n) is 4.42. The monoisotopic (exact) mass is 447 g/mol. The Balaban J connectivity index is 1.87. The summed E-state index contributed by atoms with van der Waals surface area (Å²) in [6.07, 6.45) is 1.60. The number of phenols is 1. The Hall–Kier alpha value is -3.72. The molecule has 172 valence electrons. The van der Waals surface area contributed by atoms with Crippen LogP contribution in [-0.2, 0) is 0 Å². The van der Waals surface area contributed by atoms with Gasteiger partial charge in [-0.15, -0.1) is 0 Å². The molecule has 9 nitrogen and oxygen atoms in total. The van der Waals surface area contributed by atoms with Crippen molar-refractivity contribution in [3.63, 3.8) is 0 Å². The molecule has 33 heavy (non-hydrogen) atoms. The summed E-state index contributed by atoms with van der Waals surface area (Å²) in [7, 11) is 1.64. The van der Waals surface area contributed by atoms with Crippen LogP contribution in [0.25, 0.3) is 22.3 Å². The molecule has 2 heterocycles. The van der Waals surface area contributed by atoms with E-state index >= 15 is 0 Å². The number of hydrogen-bond acceptors (Lipinski definition) is 8. The zero-order valence-electron chi connectivity index (χ0n) is 19.3. The van der Waals surface area contributed by atoms with E-state index in [2.05, 4.69) is 39.0 Å². The van der Waals surface area contributed by atoms with Crippen molar-refractivity contribution in [2.24, 2.45) is 10.7 Å². The second kappa shape index (κ2) is 8.67. The summed E-state index contributed by atoms with van der Waals surface area (Å²) < 4.78 is 0. The SMILES string of the molecule is CN=Cc1cc(-c2nc(C(N)=O)c3cc(N4CC(C)NC(C)C4)ccc3n2)c(O)c(C)c1N. The molecule has 3 aromatic rings. The van der Waals surface area contributed by atoms with Gasteiger partial charge in [-0.05, 0) is 45.0 Å². The first-order valence-corrected chi connectivity index (χ1v) is 10.9. The molecule has 2 aromatic carbocycles. The van der Waals surface area contributed by atoms with Crippen molar-refractivity contribution in [3.8, 4) is 17.1 Å². The summed E-state index contributed by atoms with van der Waals surface area (Å²) in [6, 6.07) is 8.10. The van der Waals surface area contributed by atoms with Gasteiger partial charge < -0.3 is 26.8 Å². The standard InChI is InChI=1S/C24H29N7O2/c1-12-10-31(11-13(2)28-12)16-5-6-19-17(8-16)21(23(26)33)30-24(29-19)18-7-15(9-27-4)20(25)14(3)22(18)32/h5-9,12-13,28,32H,10-11,25H2,1-4H3,(H2,26,33). The van der Waals surface area contributed by atoms with Gasteiger partial charge in [0.2, 0.25) is 0 Å². The van der Waals surface area contributed by atoms with Crippen LogP contribution in [0.5, 0.6) is 5.75 Å². The lowest BCUT2D eigenvalue weighted by Crippen LogP contribution is -2.54. The lowest BCUT2D eigenvalue weighted by Gasteiger charge is -2.37. The second-order valence-electron chi connectivity index (χ2n) is 8.62. The Morgan fingerprint density at radius 1 is 1.24 bits per heavy atom. The highest BCUT2D eigenvalue weighted by molar-refractivity contribution is 6.05. The number of carbonyl (C=O) groups excluding carboxylic acids is 1. The van der Waals surface area contributed by atoms with E-state index < -0.39 is 5.91 Å². The van der Waals surface area contributed by atoms with E-state index in [1.54, 1.807) is 26.3 Å². The fourth-order valence-corrected chi connectivity index (χ4v) is 4.42. The number of aromatic nitrogens is 2. The zero-order chi connectivity index (χ0) is 23.9. The highest BCUT2D eigenvalue weighted by Crippen LogP contribution is 2.36. The first kappa shape index (κ1) is 22.5. The summed E-state index contributed by atoms with van der Waals surface area (Å²) in [5.74, 6) is -0.513. The Labute approximate surface area is 192 Å². The smallest absolute Gasteiger partial charge is 0.268 e. The topological polar surface area (TPSA) is 143 Å². The molecule has 6 N–H and O–H groups in total. The summed E-state index contributed by atoms with van der Waals surface area (Å²) in [5.41, 5.74) is 15.4. The van der Waals surface area contributed by atoms with Crippen LogP contribution < -0.4 is 21.7 Å². The number of aliphatic imine (C=N–C) groups is 1. The molecule has 0 bridgehead atoms. The summed E-state index contributed by atoms with van der Waals surface area (Å²) in [5, 5.41) is 14.8. The Morgan fingerprint density at radius 3 is 2.58 bits per heavy atom. The number of primary amides is 1. The van der Waals surface area contributed by atoms with E-state index in [4.69, 9.17) is 11.5 Å². The number of nitrogen functional groups attached to an aromatic ring is 1. The minimum Gasteiger partial charge on any atom is -0.507 e. The van der Waals surface area contributed by atoms with Crippen LogP contribution in [0.3, 0.4) is 0 Å². The molecule has 2 unspecified atom stereocenters. The minimum atomic E-state index is -0.662. The third kappa shape index (κ3) is 4.19. The van der Waals surface area contributed by atoms with Crippen LogP contribution in [0, 0.1) is 6.92 Å². The maximum absolute atomic E-state index is 12.4. The molecule has 1 saturated heterocycles. The van der Waals surface area contributed by atoms with Crippen LogP contribution in [-0.4, -0.2) is 59.4 Å². The van der Waals surface area contributed by atoms with E-state index in [1.165, 1.54) is 0 Å². The van der Waals surface area contributed by atoms with Gasteiger partial charge in [-0.25, -0.2) is 9.97 Å². The van der Waals surface area contributed by atoms with Crippen LogP contribution in [0.4, 0.5) is 11.4 Å². The van der Waals surface area contributed by atoms with E-state index in [0.717, 1.165) is 18.8 Å². The molecule has 0 saturated carbocycles. The number of anilines is 2. The van der Waals surface area contributed by atoms with Gasteiger partial charge in [-0.2, -0.15) is 0 Å². The highest BCUT2D eigenvalue weighted by atomic mass is 16.3. The number of aromatic hydroxyl groups is 1. The van der Waals surface area contributed by atoms with Crippen molar-refractivity contribution in [2.75, 3.05) is 30.8 Å². The molecule has 2 atom stereocenters. The molecule has 1 aliphatic heterocycles. The maximum Gasteiger partial charge on any atom is 0.268 e. The van der Waals surface area contributed by atoms with E-state index in [9.17, 15) is 9.90 Å². The number of benzene rings is 2. The van der Waals surface area contributed by atoms with Crippen molar-refractivity contribution in [3.05, 3.63) is 41.1 Å². The second-order valence-corrected chi connectivity index (χ2v) is 8.62. The molecule has 1 aliphatic rings. The Kier molecular flexibility index (Phi) is 5.90. The number of nitrogens with one attached hydrogen (secondary N) is 1. The molecular weight excluding hydrogens is 418 g/mol. The van der Waals surface area contributed by atoms with Crippen molar-refractivity contribution < 1.29 is 9.90 Å². The number of hydrogen-bond donors (Lipinski definition) is 4. The van der Waals surface area contributed by atoms with Gasteiger partial charge in [0.05, 0.1) is 11.1 Å². The van der Waals surface area contributed by atoms with Gasteiger partial charge in [0.25, 0.3) is 5.91 Å². The molecule has 0 spiro atoms. The molecule has 1 amide bonds. The predicted molar refractivity (Wildman–Crippen MR) is 132 cm³/mol. The van der Waals surface area contributed by atoms with Gasteiger partial charge in [-0.3, -0.25) is 9.79 Å². The lowest BCUT2D eigenvalue weighted by atomic mass is 10.0. The third-order valence-electron chi connectivity index (χ3n) is 5.97. The van der Waals surface area contributed by atoms with Gasteiger partial charge in [0.15, 0.2) is 5.82 Å². The van der Waals surface area contributed by atoms with Crippen molar-refractivity contribution in [1.82, 2.24) is 15.3 Å². The maximum atomic E-state index is 12.4. The largest absolute Gasteiger partial charge is 0.507 e. The van der Waals surface area contributed by atoms with Crippen LogP contribution in [0.15, 0.2) is 29.3 Å². The third-order valence-corrected chi connectivity index (χ3v) is 5.97. The van der Waals surface area contributed by atoms with Crippen molar-refractivity contribution in [1.29, 1.82) is 0 Å². The van der Waals surface area contributed by atoms with Crippen LogP contribution in [0.2, 0.25) is 0 Å². The summed E-state index contributed by atoms with van der Waals surface area (Å²) in [6.45, 7) is 7.69. The molecule has 9 heteroatoms. The first-order chi connectivity index (χ1) is 15.7. The number of nitrogens with zero attached hydrogens (tertiary/aromatic N) is 4.